The second-order valence-electron chi connectivity index (χ2n) is 10.9. The normalized spacial score (nSPS) is 20.2. The average molecular weight is 563 g/mol. The molecule has 1 saturated heterocycles. The molecule has 0 radical (unpaired) electrons. The number of unbranched alkanes of at least 4 members (excludes halogenated alkanes) is 1. The zero-order valence-corrected chi connectivity index (χ0v) is 24.0. The molecule has 0 saturated carbocycles. The highest BCUT2D eigenvalue weighted by atomic mass is 19.1. The third-order valence-electron chi connectivity index (χ3n) is 8.04. The van der Waals surface area contributed by atoms with E-state index in [4.69, 9.17) is 9.47 Å². The van der Waals surface area contributed by atoms with Gasteiger partial charge in [-0.05, 0) is 79.6 Å². The highest BCUT2D eigenvalue weighted by Crippen LogP contribution is 2.31. The summed E-state index contributed by atoms with van der Waals surface area (Å²) in [5.41, 5.74) is 1.82. The molecule has 8 nitrogen and oxygen atoms in total. The van der Waals surface area contributed by atoms with Crippen LogP contribution in [0, 0.1) is 5.82 Å². The minimum atomic E-state index is -1.12. The van der Waals surface area contributed by atoms with Gasteiger partial charge in [-0.3, -0.25) is 14.3 Å². The third-order valence-corrected chi connectivity index (χ3v) is 8.04. The van der Waals surface area contributed by atoms with Crippen LogP contribution in [0.2, 0.25) is 0 Å². The van der Waals surface area contributed by atoms with Crippen LogP contribution in [0.15, 0.2) is 54.6 Å². The van der Waals surface area contributed by atoms with E-state index < -0.39 is 5.60 Å². The number of ether oxygens (including phenoxy) is 2. The maximum absolute atomic E-state index is 14.2. The largest absolute Gasteiger partial charge is 0.491 e. The van der Waals surface area contributed by atoms with E-state index in [-0.39, 0.29) is 36.5 Å². The minimum absolute atomic E-state index is 0.0751. The van der Waals surface area contributed by atoms with Crippen LogP contribution in [0.25, 0.3) is 11.3 Å². The Morgan fingerprint density at radius 1 is 1.07 bits per heavy atom. The number of benzene rings is 2. The molecule has 3 aromatic rings. The lowest BCUT2D eigenvalue weighted by atomic mass is 9.90. The predicted molar refractivity (Wildman–Crippen MR) is 154 cm³/mol. The molecule has 0 aliphatic carbocycles. The first-order valence-corrected chi connectivity index (χ1v) is 14.6. The van der Waals surface area contributed by atoms with Crippen LogP contribution in [-0.2, 0) is 23.0 Å². The zero-order valence-electron chi connectivity index (χ0n) is 24.0. The molecule has 1 aromatic heterocycles. The van der Waals surface area contributed by atoms with Crippen LogP contribution >= 0.6 is 0 Å². The molecule has 3 heterocycles. The SMILES string of the molecule is CCCCN1CCOc2ccccc2CCCCC2(CN(C(=O)c3cc(-c4ccc(F)cc4)n(C)n3)CCO2)C1=O. The minimum Gasteiger partial charge on any atom is -0.491 e. The van der Waals surface area contributed by atoms with Gasteiger partial charge in [-0.15, -0.1) is 0 Å². The average Bonchev–Trinajstić information content (AvgIpc) is 3.38. The lowest BCUT2D eigenvalue weighted by Gasteiger charge is -2.44. The Morgan fingerprint density at radius 3 is 2.68 bits per heavy atom. The highest BCUT2D eigenvalue weighted by molar-refractivity contribution is 5.94. The van der Waals surface area contributed by atoms with E-state index in [0.29, 0.717) is 38.4 Å². The van der Waals surface area contributed by atoms with Gasteiger partial charge in [-0.2, -0.15) is 5.10 Å². The van der Waals surface area contributed by atoms with Gasteiger partial charge in [-0.1, -0.05) is 31.5 Å². The first kappa shape index (κ1) is 28.8. The molecule has 0 bridgehead atoms. The number of fused-ring (bicyclic) bond motifs is 1. The number of carbonyl (C=O) groups excluding carboxylic acids is 2. The van der Waals surface area contributed by atoms with E-state index in [0.717, 1.165) is 43.4 Å². The monoisotopic (exact) mass is 562 g/mol. The van der Waals surface area contributed by atoms with Gasteiger partial charge < -0.3 is 19.3 Å². The Morgan fingerprint density at radius 2 is 1.88 bits per heavy atom. The molecule has 9 heteroatoms. The number of carbonyl (C=O) groups is 2. The summed E-state index contributed by atoms with van der Waals surface area (Å²) < 4.78 is 27.6. The van der Waals surface area contributed by atoms with E-state index in [1.807, 2.05) is 23.1 Å². The number of aromatic nitrogens is 2. The zero-order chi connectivity index (χ0) is 28.8. The Balaban J connectivity index is 1.39. The molecule has 1 spiro atoms. The fourth-order valence-corrected chi connectivity index (χ4v) is 5.76. The Hall–Kier alpha value is -3.72. The number of amides is 2. The summed E-state index contributed by atoms with van der Waals surface area (Å²) in [5, 5.41) is 4.48. The van der Waals surface area contributed by atoms with Gasteiger partial charge in [0, 0.05) is 20.1 Å². The highest BCUT2D eigenvalue weighted by Gasteiger charge is 2.47. The van der Waals surface area contributed by atoms with E-state index >= 15 is 0 Å². The molecular weight excluding hydrogens is 523 g/mol. The van der Waals surface area contributed by atoms with Gasteiger partial charge in [0.1, 0.15) is 18.2 Å². The molecule has 1 fully saturated rings. The molecule has 2 aliphatic heterocycles. The summed E-state index contributed by atoms with van der Waals surface area (Å²) in [6.45, 7) is 4.39. The number of nitrogens with zero attached hydrogens (tertiary/aromatic N) is 4. The molecule has 0 N–H and O–H groups in total. The summed E-state index contributed by atoms with van der Waals surface area (Å²) in [4.78, 5) is 31.5. The summed E-state index contributed by atoms with van der Waals surface area (Å²) >= 11 is 0. The first-order chi connectivity index (χ1) is 19.9. The molecule has 218 valence electrons. The summed E-state index contributed by atoms with van der Waals surface area (Å²) in [7, 11) is 1.76. The van der Waals surface area contributed by atoms with Crippen LogP contribution in [-0.4, -0.2) is 76.4 Å². The molecule has 41 heavy (non-hydrogen) atoms. The van der Waals surface area contributed by atoms with Crippen molar-refractivity contribution in [3.8, 4) is 17.0 Å². The number of hydrogen-bond acceptors (Lipinski definition) is 5. The number of rotatable bonds is 5. The van der Waals surface area contributed by atoms with Crippen molar-refractivity contribution in [2.75, 3.05) is 39.4 Å². The fourth-order valence-electron chi connectivity index (χ4n) is 5.76. The van der Waals surface area contributed by atoms with Crippen LogP contribution in [0.4, 0.5) is 4.39 Å². The van der Waals surface area contributed by atoms with Crippen molar-refractivity contribution < 1.29 is 23.5 Å². The van der Waals surface area contributed by atoms with Gasteiger partial charge >= 0.3 is 0 Å². The maximum Gasteiger partial charge on any atom is 0.274 e. The predicted octanol–water partition coefficient (Wildman–Crippen LogP) is 4.87. The Bertz CT molecular complexity index is 1360. The number of hydrogen-bond donors (Lipinski definition) is 0. The second kappa shape index (κ2) is 12.9. The van der Waals surface area contributed by atoms with Gasteiger partial charge in [0.2, 0.25) is 0 Å². The smallest absolute Gasteiger partial charge is 0.274 e. The van der Waals surface area contributed by atoms with Crippen molar-refractivity contribution >= 4 is 11.8 Å². The van der Waals surface area contributed by atoms with Crippen molar-refractivity contribution in [3.63, 3.8) is 0 Å². The van der Waals surface area contributed by atoms with Gasteiger partial charge in [-0.25, -0.2) is 4.39 Å². The van der Waals surface area contributed by atoms with Gasteiger partial charge in [0.15, 0.2) is 11.3 Å². The van der Waals surface area contributed by atoms with E-state index in [1.165, 1.54) is 17.7 Å². The van der Waals surface area contributed by atoms with Crippen LogP contribution in [0.1, 0.15) is 55.1 Å². The van der Waals surface area contributed by atoms with Crippen molar-refractivity contribution in [2.24, 2.45) is 7.05 Å². The van der Waals surface area contributed by atoms with Gasteiger partial charge in [0.05, 0.1) is 25.4 Å². The van der Waals surface area contributed by atoms with E-state index in [1.54, 1.807) is 34.8 Å². The number of halogens is 1. The quantitative estimate of drug-likeness (QED) is 0.444. The van der Waals surface area contributed by atoms with Crippen molar-refractivity contribution in [3.05, 3.63) is 71.7 Å². The third kappa shape index (κ3) is 6.45. The van der Waals surface area contributed by atoms with E-state index in [2.05, 4.69) is 18.1 Å². The second-order valence-corrected chi connectivity index (χ2v) is 10.9. The molecule has 1 atom stereocenters. The van der Waals surface area contributed by atoms with Crippen LogP contribution < -0.4 is 4.74 Å². The standard InChI is InChI=1S/C32H39FN4O4/c1-3-4-17-36-18-20-40-29-11-6-5-9-25(29)10-7-8-16-32(31(36)39)23-37(19-21-41-32)30(38)27-22-28(35(2)34-27)24-12-14-26(33)15-13-24/h5-6,9,11-15,22H,3-4,7-8,10,16-21,23H2,1-2H3. The topological polar surface area (TPSA) is 76.9 Å². The van der Waals surface area contributed by atoms with Crippen molar-refractivity contribution in [1.29, 1.82) is 0 Å². The molecule has 2 aromatic carbocycles. The summed E-state index contributed by atoms with van der Waals surface area (Å²) in [5.74, 6) is 0.241. The molecule has 5 rings (SSSR count). The summed E-state index contributed by atoms with van der Waals surface area (Å²) in [6.07, 6.45) is 4.88. The molecular formula is C32H39FN4O4. The number of morpholine rings is 1. The van der Waals surface area contributed by atoms with Crippen LogP contribution in [0.3, 0.4) is 0 Å². The molecule has 1 unspecified atom stereocenters. The first-order valence-electron chi connectivity index (χ1n) is 14.6. The number of para-hydroxylation sites is 1. The Kier molecular flexibility index (Phi) is 9.03. The van der Waals surface area contributed by atoms with E-state index in [9.17, 15) is 14.0 Å². The number of aryl methyl sites for hydroxylation is 2. The fraction of sp³-hybridized carbons (Fsp3) is 0.469. The molecule has 2 aliphatic rings. The lowest BCUT2D eigenvalue weighted by molar-refractivity contribution is -0.170. The van der Waals surface area contributed by atoms with Gasteiger partial charge in [0.25, 0.3) is 11.8 Å². The maximum atomic E-state index is 14.2. The molecule has 2 amide bonds. The van der Waals surface area contributed by atoms with Crippen molar-refractivity contribution in [2.45, 2.75) is 51.0 Å². The van der Waals surface area contributed by atoms with Crippen LogP contribution in [0.5, 0.6) is 5.75 Å². The summed E-state index contributed by atoms with van der Waals surface area (Å²) in [6, 6.07) is 15.9. The lowest BCUT2D eigenvalue weighted by Crippen LogP contribution is -2.62. The Labute approximate surface area is 241 Å². The van der Waals surface area contributed by atoms with Crippen molar-refractivity contribution in [1.82, 2.24) is 19.6 Å².